The molecular weight excluding hydrogens is 226 g/mol. The highest BCUT2D eigenvalue weighted by Gasteiger charge is 2.22. The SMILES string of the molecule is CCC(=O)N1CCO[C@H](CCc2ccccc2)C1. The highest BCUT2D eigenvalue weighted by molar-refractivity contribution is 5.75. The third kappa shape index (κ3) is 3.57. The van der Waals surface area contributed by atoms with Crippen LogP contribution in [0.5, 0.6) is 0 Å². The topological polar surface area (TPSA) is 29.5 Å². The van der Waals surface area contributed by atoms with Gasteiger partial charge in [0.15, 0.2) is 0 Å². The number of carbonyl (C=O) groups is 1. The molecule has 0 unspecified atom stereocenters. The number of amides is 1. The summed E-state index contributed by atoms with van der Waals surface area (Å²) < 4.78 is 5.73. The van der Waals surface area contributed by atoms with E-state index < -0.39 is 0 Å². The van der Waals surface area contributed by atoms with Crippen LogP contribution in [0.2, 0.25) is 0 Å². The van der Waals surface area contributed by atoms with Gasteiger partial charge in [-0.3, -0.25) is 4.79 Å². The van der Waals surface area contributed by atoms with Gasteiger partial charge in [0.2, 0.25) is 5.91 Å². The van der Waals surface area contributed by atoms with E-state index in [9.17, 15) is 4.79 Å². The minimum absolute atomic E-state index is 0.189. The average Bonchev–Trinajstić information content (AvgIpc) is 2.45. The molecule has 0 bridgehead atoms. The zero-order valence-electron chi connectivity index (χ0n) is 11.0. The van der Waals surface area contributed by atoms with Crippen molar-refractivity contribution in [2.24, 2.45) is 0 Å². The van der Waals surface area contributed by atoms with Gasteiger partial charge in [-0.05, 0) is 18.4 Å². The molecule has 1 fully saturated rings. The summed E-state index contributed by atoms with van der Waals surface area (Å²) in [6, 6.07) is 10.4. The smallest absolute Gasteiger partial charge is 0.222 e. The van der Waals surface area contributed by atoms with E-state index in [4.69, 9.17) is 4.74 Å². The van der Waals surface area contributed by atoms with Crippen molar-refractivity contribution in [2.75, 3.05) is 19.7 Å². The summed E-state index contributed by atoms with van der Waals surface area (Å²) in [5.74, 6) is 0.239. The number of nitrogens with zero attached hydrogens (tertiary/aromatic N) is 1. The quantitative estimate of drug-likeness (QED) is 0.816. The number of rotatable bonds is 4. The van der Waals surface area contributed by atoms with Crippen LogP contribution in [0.25, 0.3) is 0 Å². The van der Waals surface area contributed by atoms with E-state index in [0.29, 0.717) is 13.0 Å². The van der Waals surface area contributed by atoms with Crippen molar-refractivity contribution in [3.63, 3.8) is 0 Å². The fourth-order valence-electron chi connectivity index (χ4n) is 2.32. The molecule has 1 aliphatic rings. The standard InChI is InChI=1S/C15H21NO2/c1-2-15(17)16-10-11-18-14(12-16)9-8-13-6-4-3-5-7-13/h3-7,14H,2,8-12H2,1H3/t14-/m1/s1. The van der Waals surface area contributed by atoms with Crippen molar-refractivity contribution >= 4 is 5.91 Å². The Morgan fingerprint density at radius 1 is 1.39 bits per heavy atom. The van der Waals surface area contributed by atoms with Crippen molar-refractivity contribution in [3.8, 4) is 0 Å². The van der Waals surface area contributed by atoms with Crippen molar-refractivity contribution in [1.29, 1.82) is 0 Å². The maximum absolute atomic E-state index is 11.7. The second-order valence-electron chi connectivity index (χ2n) is 4.71. The molecule has 1 aromatic carbocycles. The highest BCUT2D eigenvalue weighted by atomic mass is 16.5. The van der Waals surface area contributed by atoms with Crippen molar-refractivity contribution in [2.45, 2.75) is 32.3 Å². The predicted molar refractivity (Wildman–Crippen MR) is 71.4 cm³/mol. The summed E-state index contributed by atoms with van der Waals surface area (Å²) in [6.07, 6.45) is 2.78. The number of hydrogen-bond acceptors (Lipinski definition) is 2. The van der Waals surface area contributed by atoms with E-state index in [1.54, 1.807) is 0 Å². The lowest BCUT2D eigenvalue weighted by Gasteiger charge is -2.33. The molecule has 3 heteroatoms. The molecule has 0 radical (unpaired) electrons. The van der Waals surface area contributed by atoms with E-state index >= 15 is 0 Å². The number of aryl methyl sites for hydroxylation is 1. The van der Waals surface area contributed by atoms with Crippen LogP contribution in [-0.2, 0) is 16.0 Å². The van der Waals surface area contributed by atoms with Crippen LogP contribution in [0.3, 0.4) is 0 Å². The molecule has 0 saturated carbocycles. The van der Waals surface area contributed by atoms with Crippen molar-refractivity contribution < 1.29 is 9.53 Å². The van der Waals surface area contributed by atoms with Gasteiger partial charge in [-0.25, -0.2) is 0 Å². The van der Waals surface area contributed by atoms with Crippen LogP contribution in [-0.4, -0.2) is 36.6 Å². The van der Waals surface area contributed by atoms with E-state index in [0.717, 1.165) is 25.9 Å². The summed E-state index contributed by atoms with van der Waals surface area (Å²) in [7, 11) is 0. The summed E-state index contributed by atoms with van der Waals surface area (Å²) in [6.45, 7) is 4.08. The van der Waals surface area contributed by atoms with Gasteiger partial charge in [0, 0.05) is 19.5 Å². The minimum atomic E-state index is 0.189. The highest BCUT2D eigenvalue weighted by Crippen LogP contribution is 2.13. The molecule has 0 spiro atoms. The Morgan fingerprint density at radius 3 is 2.89 bits per heavy atom. The second-order valence-corrected chi connectivity index (χ2v) is 4.71. The summed E-state index contributed by atoms with van der Waals surface area (Å²) in [5.41, 5.74) is 1.33. The van der Waals surface area contributed by atoms with Gasteiger partial charge < -0.3 is 9.64 Å². The van der Waals surface area contributed by atoms with Crippen molar-refractivity contribution in [1.82, 2.24) is 4.90 Å². The number of ether oxygens (including phenoxy) is 1. The zero-order valence-corrected chi connectivity index (χ0v) is 11.0. The summed E-state index contributed by atoms with van der Waals surface area (Å²) >= 11 is 0. The summed E-state index contributed by atoms with van der Waals surface area (Å²) in [4.78, 5) is 13.6. The monoisotopic (exact) mass is 247 g/mol. The Labute approximate surface area is 109 Å². The molecular formula is C15H21NO2. The Balaban J connectivity index is 1.81. The summed E-state index contributed by atoms with van der Waals surface area (Å²) in [5, 5.41) is 0. The zero-order chi connectivity index (χ0) is 12.8. The fraction of sp³-hybridized carbons (Fsp3) is 0.533. The third-order valence-electron chi connectivity index (χ3n) is 3.39. The van der Waals surface area contributed by atoms with Crippen LogP contribution >= 0.6 is 0 Å². The molecule has 1 atom stereocenters. The first-order valence-electron chi connectivity index (χ1n) is 6.73. The Bertz CT molecular complexity index is 377. The molecule has 1 heterocycles. The Hall–Kier alpha value is -1.35. The molecule has 2 rings (SSSR count). The first-order chi connectivity index (χ1) is 8.79. The van der Waals surface area contributed by atoms with Gasteiger partial charge >= 0.3 is 0 Å². The molecule has 0 aliphatic carbocycles. The molecule has 3 nitrogen and oxygen atoms in total. The van der Waals surface area contributed by atoms with Crippen LogP contribution in [0.4, 0.5) is 0 Å². The Morgan fingerprint density at radius 2 is 2.17 bits per heavy atom. The van der Waals surface area contributed by atoms with E-state index in [2.05, 4.69) is 24.3 Å². The number of morpholine rings is 1. The molecule has 0 aromatic heterocycles. The molecule has 1 aromatic rings. The van der Waals surface area contributed by atoms with Gasteiger partial charge in [-0.1, -0.05) is 37.3 Å². The lowest BCUT2D eigenvalue weighted by atomic mass is 10.1. The molecule has 98 valence electrons. The van der Waals surface area contributed by atoms with Gasteiger partial charge in [0.25, 0.3) is 0 Å². The van der Waals surface area contributed by atoms with E-state index in [1.807, 2.05) is 17.9 Å². The largest absolute Gasteiger partial charge is 0.375 e. The lowest BCUT2D eigenvalue weighted by molar-refractivity contribution is -0.138. The maximum atomic E-state index is 11.7. The molecule has 0 N–H and O–H groups in total. The predicted octanol–water partition coefficient (Wildman–Crippen LogP) is 2.26. The fourth-order valence-corrected chi connectivity index (χ4v) is 2.32. The minimum Gasteiger partial charge on any atom is -0.375 e. The first-order valence-corrected chi connectivity index (χ1v) is 6.73. The molecule has 1 aliphatic heterocycles. The molecule has 1 saturated heterocycles. The van der Waals surface area contributed by atoms with Crippen LogP contribution < -0.4 is 0 Å². The lowest BCUT2D eigenvalue weighted by Crippen LogP contribution is -2.45. The van der Waals surface area contributed by atoms with Crippen LogP contribution in [0, 0.1) is 0 Å². The second kappa shape index (κ2) is 6.55. The number of benzene rings is 1. The average molecular weight is 247 g/mol. The van der Waals surface area contributed by atoms with Crippen LogP contribution in [0.15, 0.2) is 30.3 Å². The Kier molecular flexibility index (Phi) is 4.76. The van der Waals surface area contributed by atoms with Gasteiger partial charge in [-0.2, -0.15) is 0 Å². The van der Waals surface area contributed by atoms with E-state index in [-0.39, 0.29) is 12.0 Å². The van der Waals surface area contributed by atoms with Gasteiger partial charge in [0.1, 0.15) is 0 Å². The first kappa shape index (κ1) is 13.1. The van der Waals surface area contributed by atoms with Crippen LogP contribution in [0.1, 0.15) is 25.3 Å². The van der Waals surface area contributed by atoms with Gasteiger partial charge in [0.05, 0.1) is 12.7 Å². The molecule has 18 heavy (non-hydrogen) atoms. The number of hydrogen-bond donors (Lipinski definition) is 0. The third-order valence-corrected chi connectivity index (χ3v) is 3.39. The number of carbonyl (C=O) groups excluding carboxylic acids is 1. The van der Waals surface area contributed by atoms with Gasteiger partial charge in [-0.15, -0.1) is 0 Å². The molecule has 1 amide bonds. The van der Waals surface area contributed by atoms with E-state index in [1.165, 1.54) is 5.56 Å². The maximum Gasteiger partial charge on any atom is 0.222 e. The van der Waals surface area contributed by atoms with Crippen molar-refractivity contribution in [3.05, 3.63) is 35.9 Å². The normalized spacial score (nSPS) is 19.8.